The van der Waals surface area contributed by atoms with Gasteiger partial charge in [0.15, 0.2) is 0 Å². The minimum atomic E-state index is -4.09. The minimum Gasteiger partial charge on any atom is -0.280 e. The summed E-state index contributed by atoms with van der Waals surface area (Å²) in [5.74, 6) is 0. The zero-order chi connectivity index (χ0) is 25.9. The molecule has 0 fully saturated rings. The number of nitro benzene ring substituents is 1. The number of nitro groups is 1. The SMILES string of the molecule is Cc1nn(-c2ccccc2)c(Cl)c1C=NNc1ccc(S(=O)(=O)Nc2ccc(Cl)cc2)cc1[N+](=O)[O-]. The van der Waals surface area contributed by atoms with Crippen LogP contribution in [0.4, 0.5) is 17.1 Å². The van der Waals surface area contributed by atoms with Crippen molar-refractivity contribution in [3.8, 4) is 5.69 Å². The van der Waals surface area contributed by atoms with E-state index in [9.17, 15) is 18.5 Å². The molecule has 0 radical (unpaired) electrons. The molecule has 4 aromatic rings. The Hall–Kier alpha value is -3.93. The van der Waals surface area contributed by atoms with Crippen molar-refractivity contribution in [3.05, 3.63) is 104 Å². The third-order valence-corrected chi connectivity index (χ3v) is 6.99. The zero-order valence-electron chi connectivity index (χ0n) is 18.6. The molecule has 0 atom stereocenters. The van der Waals surface area contributed by atoms with E-state index in [2.05, 4.69) is 20.3 Å². The summed E-state index contributed by atoms with van der Waals surface area (Å²) < 4.78 is 29.4. The lowest BCUT2D eigenvalue weighted by Crippen LogP contribution is -2.13. The van der Waals surface area contributed by atoms with Crippen molar-refractivity contribution in [3.63, 3.8) is 0 Å². The van der Waals surface area contributed by atoms with Gasteiger partial charge in [0, 0.05) is 16.8 Å². The van der Waals surface area contributed by atoms with Crippen molar-refractivity contribution in [2.75, 3.05) is 10.1 Å². The maximum Gasteiger partial charge on any atom is 0.295 e. The Morgan fingerprint density at radius 2 is 1.75 bits per heavy atom. The Bertz CT molecular complexity index is 1560. The van der Waals surface area contributed by atoms with Crippen molar-refractivity contribution in [2.45, 2.75) is 11.8 Å². The van der Waals surface area contributed by atoms with Gasteiger partial charge in [0.05, 0.1) is 33.0 Å². The summed E-state index contributed by atoms with van der Waals surface area (Å²) in [6.45, 7) is 1.75. The summed E-state index contributed by atoms with van der Waals surface area (Å²) in [6, 6.07) is 18.7. The molecule has 0 aliphatic rings. The molecule has 184 valence electrons. The lowest BCUT2D eigenvalue weighted by molar-refractivity contribution is -0.384. The summed E-state index contributed by atoms with van der Waals surface area (Å²) >= 11 is 12.3. The van der Waals surface area contributed by atoms with Crippen LogP contribution in [0.5, 0.6) is 0 Å². The maximum absolute atomic E-state index is 12.7. The van der Waals surface area contributed by atoms with E-state index >= 15 is 0 Å². The van der Waals surface area contributed by atoms with Gasteiger partial charge in [-0.1, -0.05) is 41.4 Å². The fraction of sp³-hybridized carbons (Fsp3) is 0.0435. The van der Waals surface area contributed by atoms with Crippen LogP contribution in [0.1, 0.15) is 11.3 Å². The number of aryl methyl sites for hydroxylation is 1. The highest BCUT2D eigenvalue weighted by Crippen LogP contribution is 2.29. The average Bonchev–Trinajstić information content (AvgIpc) is 3.14. The summed E-state index contributed by atoms with van der Waals surface area (Å²) in [7, 11) is -4.09. The fourth-order valence-electron chi connectivity index (χ4n) is 3.22. The second-order valence-corrected chi connectivity index (χ2v) is 9.93. The predicted octanol–water partition coefficient (Wildman–Crippen LogP) is 5.64. The van der Waals surface area contributed by atoms with Crippen molar-refractivity contribution >= 4 is 56.5 Å². The second-order valence-electron chi connectivity index (χ2n) is 7.46. The first-order valence-corrected chi connectivity index (χ1v) is 12.6. The highest BCUT2D eigenvalue weighted by atomic mass is 35.5. The quantitative estimate of drug-likeness (QED) is 0.167. The molecule has 13 heteroatoms. The number of benzene rings is 3. The number of hydrazone groups is 1. The van der Waals surface area contributed by atoms with Crippen LogP contribution >= 0.6 is 23.2 Å². The normalized spacial score (nSPS) is 11.5. The number of aromatic nitrogens is 2. The van der Waals surface area contributed by atoms with E-state index in [0.29, 0.717) is 21.4 Å². The van der Waals surface area contributed by atoms with E-state index in [-0.39, 0.29) is 16.3 Å². The summed E-state index contributed by atoms with van der Waals surface area (Å²) in [6.07, 6.45) is 1.39. The van der Waals surface area contributed by atoms with Crippen LogP contribution in [-0.2, 0) is 10.0 Å². The monoisotopic (exact) mass is 544 g/mol. The second kappa shape index (κ2) is 10.4. The van der Waals surface area contributed by atoms with Gasteiger partial charge in [-0.2, -0.15) is 10.2 Å². The van der Waals surface area contributed by atoms with Gasteiger partial charge >= 0.3 is 0 Å². The molecular weight excluding hydrogens is 527 g/mol. The van der Waals surface area contributed by atoms with Crippen molar-refractivity contribution in [1.82, 2.24) is 9.78 Å². The van der Waals surface area contributed by atoms with Gasteiger partial charge in [-0.3, -0.25) is 20.3 Å². The molecule has 10 nitrogen and oxygen atoms in total. The van der Waals surface area contributed by atoms with Gasteiger partial charge < -0.3 is 0 Å². The number of hydrogen-bond acceptors (Lipinski definition) is 7. The van der Waals surface area contributed by atoms with Gasteiger partial charge in [-0.15, -0.1) is 0 Å². The Morgan fingerprint density at radius 3 is 2.42 bits per heavy atom. The first kappa shape index (κ1) is 25.2. The van der Waals surface area contributed by atoms with E-state index in [1.165, 1.54) is 42.6 Å². The van der Waals surface area contributed by atoms with Gasteiger partial charge in [0.2, 0.25) is 0 Å². The van der Waals surface area contributed by atoms with Gasteiger partial charge in [-0.05, 0) is 55.5 Å². The smallest absolute Gasteiger partial charge is 0.280 e. The molecule has 0 aliphatic heterocycles. The Labute approximate surface area is 216 Å². The highest BCUT2D eigenvalue weighted by Gasteiger charge is 2.22. The van der Waals surface area contributed by atoms with Crippen molar-refractivity contribution in [1.29, 1.82) is 0 Å². The number of nitrogens with zero attached hydrogens (tertiary/aromatic N) is 4. The van der Waals surface area contributed by atoms with Gasteiger partial charge in [0.25, 0.3) is 15.7 Å². The molecule has 0 unspecified atom stereocenters. The number of anilines is 2. The Balaban J connectivity index is 1.57. The van der Waals surface area contributed by atoms with Gasteiger partial charge in [0.1, 0.15) is 10.8 Å². The van der Waals surface area contributed by atoms with Crippen LogP contribution in [-0.4, -0.2) is 29.3 Å². The largest absolute Gasteiger partial charge is 0.295 e. The van der Waals surface area contributed by atoms with Crippen molar-refractivity contribution in [2.24, 2.45) is 5.10 Å². The molecule has 0 bridgehead atoms. The summed E-state index contributed by atoms with van der Waals surface area (Å²) in [5, 5.41) is 20.9. The number of nitrogens with one attached hydrogen (secondary N) is 2. The third kappa shape index (κ3) is 5.48. The molecule has 0 saturated heterocycles. The maximum atomic E-state index is 12.7. The molecule has 0 amide bonds. The summed E-state index contributed by atoms with van der Waals surface area (Å²) in [4.78, 5) is 10.7. The van der Waals surface area contributed by atoms with Crippen LogP contribution in [0.15, 0.2) is 82.8 Å². The number of rotatable bonds is 8. The molecule has 36 heavy (non-hydrogen) atoms. The number of halogens is 2. The Kier molecular flexibility index (Phi) is 7.25. The van der Waals surface area contributed by atoms with Crippen LogP contribution < -0.4 is 10.1 Å². The van der Waals surface area contributed by atoms with Crippen LogP contribution in [0.3, 0.4) is 0 Å². The third-order valence-electron chi connectivity index (χ3n) is 5.00. The lowest BCUT2D eigenvalue weighted by Gasteiger charge is -2.09. The van der Waals surface area contributed by atoms with E-state index < -0.39 is 20.6 Å². The number of para-hydroxylation sites is 1. The first-order valence-electron chi connectivity index (χ1n) is 10.3. The molecular formula is C23H18Cl2N6O4S. The number of hydrogen-bond donors (Lipinski definition) is 2. The fourth-order valence-corrected chi connectivity index (χ4v) is 4.75. The summed E-state index contributed by atoms with van der Waals surface area (Å²) in [5.41, 5.74) is 4.23. The molecule has 3 aromatic carbocycles. The van der Waals surface area contributed by atoms with E-state index in [1.807, 2.05) is 30.3 Å². The van der Waals surface area contributed by atoms with Gasteiger partial charge in [-0.25, -0.2) is 13.1 Å². The lowest BCUT2D eigenvalue weighted by atomic mass is 10.3. The highest BCUT2D eigenvalue weighted by molar-refractivity contribution is 7.92. The van der Waals surface area contributed by atoms with Crippen molar-refractivity contribution < 1.29 is 13.3 Å². The van der Waals surface area contributed by atoms with Crippen LogP contribution in [0.2, 0.25) is 10.2 Å². The first-order chi connectivity index (χ1) is 17.2. The standard InChI is InChI=1S/C23H18Cl2N6O4S/c1-15-20(23(25)30(28-15)18-5-3-2-4-6-18)14-26-27-21-12-11-19(13-22(21)31(32)33)36(34,35)29-17-9-7-16(24)8-10-17/h2-14,27,29H,1H3. The molecule has 0 spiro atoms. The molecule has 1 aromatic heterocycles. The molecule has 0 aliphatic carbocycles. The topological polar surface area (TPSA) is 132 Å². The van der Waals surface area contributed by atoms with E-state index in [0.717, 1.165) is 11.8 Å². The predicted molar refractivity (Wildman–Crippen MR) is 140 cm³/mol. The van der Waals surface area contributed by atoms with E-state index in [1.54, 1.807) is 11.6 Å². The number of sulfonamides is 1. The molecule has 4 rings (SSSR count). The minimum absolute atomic E-state index is 0.00841. The Morgan fingerprint density at radius 1 is 1.06 bits per heavy atom. The average molecular weight is 545 g/mol. The zero-order valence-corrected chi connectivity index (χ0v) is 20.9. The van der Waals surface area contributed by atoms with Crippen LogP contribution in [0.25, 0.3) is 5.69 Å². The van der Waals surface area contributed by atoms with E-state index in [4.69, 9.17) is 23.2 Å². The molecule has 0 saturated carbocycles. The molecule has 2 N–H and O–H groups in total. The molecule has 1 heterocycles. The van der Waals surface area contributed by atoms with Crippen LogP contribution in [0, 0.1) is 17.0 Å².